The summed E-state index contributed by atoms with van der Waals surface area (Å²) in [6.07, 6.45) is 2.21. The Kier molecular flexibility index (Phi) is 6.27. The number of hydrogen-bond acceptors (Lipinski definition) is 3. The largest absolute Gasteiger partial charge is 0.341 e. The second-order valence-corrected chi connectivity index (χ2v) is 6.57. The zero-order valence-electron chi connectivity index (χ0n) is 13.2. The van der Waals surface area contributed by atoms with Crippen LogP contribution < -0.4 is 5.73 Å². The van der Waals surface area contributed by atoms with Crippen LogP contribution in [-0.2, 0) is 4.79 Å². The summed E-state index contributed by atoms with van der Waals surface area (Å²) in [4.78, 5) is 16.5. The number of piperidine rings is 1. The maximum Gasteiger partial charge on any atom is 0.239 e. The van der Waals surface area contributed by atoms with Gasteiger partial charge >= 0.3 is 0 Å². The van der Waals surface area contributed by atoms with Crippen molar-refractivity contribution in [3.05, 3.63) is 0 Å². The van der Waals surface area contributed by atoms with Crippen LogP contribution in [0.2, 0.25) is 0 Å². The van der Waals surface area contributed by atoms with Gasteiger partial charge in [-0.15, -0.1) is 0 Å². The molecule has 0 bridgehead atoms. The first-order valence-corrected chi connectivity index (χ1v) is 7.57. The Morgan fingerprint density at radius 2 is 1.79 bits per heavy atom. The van der Waals surface area contributed by atoms with Gasteiger partial charge in [-0.25, -0.2) is 0 Å². The summed E-state index contributed by atoms with van der Waals surface area (Å²) < 4.78 is 0. The van der Waals surface area contributed by atoms with E-state index in [1.165, 1.54) is 0 Å². The second-order valence-electron chi connectivity index (χ2n) is 6.57. The van der Waals surface area contributed by atoms with Gasteiger partial charge in [0.1, 0.15) is 0 Å². The molecule has 0 saturated carbocycles. The van der Waals surface area contributed by atoms with Crippen molar-refractivity contribution >= 4 is 5.91 Å². The first-order valence-electron chi connectivity index (χ1n) is 7.57. The van der Waals surface area contributed by atoms with Crippen LogP contribution in [0.15, 0.2) is 0 Å². The molecule has 19 heavy (non-hydrogen) atoms. The zero-order chi connectivity index (χ0) is 14.6. The van der Waals surface area contributed by atoms with Gasteiger partial charge in [0.05, 0.1) is 6.04 Å². The molecule has 1 rings (SSSR count). The molecule has 0 aromatic rings. The minimum absolute atomic E-state index is 0.130. The molecule has 112 valence electrons. The highest BCUT2D eigenvalue weighted by Gasteiger charge is 2.28. The van der Waals surface area contributed by atoms with E-state index in [1.54, 1.807) is 0 Å². The highest BCUT2D eigenvalue weighted by atomic mass is 16.2. The van der Waals surface area contributed by atoms with Crippen molar-refractivity contribution in [2.24, 2.45) is 17.6 Å². The summed E-state index contributed by atoms with van der Waals surface area (Å²) >= 11 is 0. The second kappa shape index (κ2) is 7.25. The van der Waals surface area contributed by atoms with Crippen LogP contribution in [0.5, 0.6) is 0 Å². The summed E-state index contributed by atoms with van der Waals surface area (Å²) in [5.74, 6) is 1.06. The summed E-state index contributed by atoms with van der Waals surface area (Å²) in [5.41, 5.74) is 5.95. The standard InChI is InChI=1S/C15H31N3O/c1-11(2)14(16)15(19)18-8-6-13(7-9-18)10-17(5)12(3)4/h11-14H,6-10,16H2,1-5H3. The molecule has 1 amide bonds. The molecule has 4 heteroatoms. The van der Waals surface area contributed by atoms with E-state index >= 15 is 0 Å². The topological polar surface area (TPSA) is 49.6 Å². The Morgan fingerprint density at radius 1 is 1.26 bits per heavy atom. The fraction of sp³-hybridized carbons (Fsp3) is 0.933. The Balaban J connectivity index is 2.38. The molecule has 4 nitrogen and oxygen atoms in total. The lowest BCUT2D eigenvalue weighted by Gasteiger charge is -2.36. The van der Waals surface area contributed by atoms with Gasteiger partial charge in [-0.3, -0.25) is 4.79 Å². The van der Waals surface area contributed by atoms with Crippen LogP contribution in [0.25, 0.3) is 0 Å². The third-order valence-corrected chi connectivity index (χ3v) is 4.36. The Morgan fingerprint density at radius 3 is 2.21 bits per heavy atom. The first-order chi connectivity index (χ1) is 8.82. The van der Waals surface area contributed by atoms with Crippen molar-refractivity contribution in [1.82, 2.24) is 9.80 Å². The minimum Gasteiger partial charge on any atom is -0.341 e. The molecule has 0 radical (unpaired) electrons. The third-order valence-electron chi connectivity index (χ3n) is 4.36. The molecule has 0 aliphatic carbocycles. The zero-order valence-corrected chi connectivity index (χ0v) is 13.2. The van der Waals surface area contributed by atoms with Crippen LogP contribution in [0, 0.1) is 11.8 Å². The average Bonchev–Trinajstić information content (AvgIpc) is 2.37. The number of rotatable bonds is 5. The number of amides is 1. The normalized spacial score (nSPS) is 19.5. The van der Waals surface area contributed by atoms with E-state index in [0.29, 0.717) is 12.0 Å². The van der Waals surface area contributed by atoms with Gasteiger partial charge in [0.25, 0.3) is 0 Å². The molecule has 1 fully saturated rings. The third kappa shape index (κ3) is 4.77. The van der Waals surface area contributed by atoms with Gasteiger partial charge in [-0.05, 0) is 45.6 Å². The maximum atomic E-state index is 12.2. The van der Waals surface area contributed by atoms with E-state index in [1.807, 2.05) is 18.7 Å². The molecule has 1 atom stereocenters. The summed E-state index contributed by atoms with van der Waals surface area (Å²) in [6, 6.07) is 0.254. The van der Waals surface area contributed by atoms with Crippen molar-refractivity contribution in [3.63, 3.8) is 0 Å². The number of hydrogen-bond donors (Lipinski definition) is 1. The predicted molar refractivity (Wildman–Crippen MR) is 79.9 cm³/mol. The fourth-order valence-electron chi connectivity index (χ4n) is 2.45. The molecule has 1 saturated heterocycles. The van der Waals surface area contributed by atoms with Gasteiger partial charge in [-0.2, -0.15) is 0 Å². The van der Waals surface area contributed by atoms with Gasteiger partial charge in [-0.1, -0.05) is 13.8 Å². The van der Waals surface area contributed by atoms with E-state index in [9.17, 15) is 4.79 Å². The smallest absolute Gasteiger partial charge is 0.239 e. The Labute approximate surface area is 118 Å². The number of carbonyl (C=O) groups excluding carboxylic acids is 1. The lowest BCUT2D eigenvalue weighted by atomic mass is 9.94. The van der Waals surface area contributed by atoms with E-state index < -0.39 is 0 Å². The number of likely N-dealkylation sites (tertiary alicyclic amines) is 1. The monoisotopic (exact) mass is 269 g/mol. The highest BCUT2D eigenvalue weighted by Crippen LogP contribution is 2.20. The number of carbonyl (C=O) groups is 1. The molecular weight excluding hydrogens is 238 g/mol. The fourth-order valence-corrected chi connectivity index (χ4v) is 2.45. The van der Waals surface area contributed by atoms with Crippen LogP contribution in [0.4, 0.5) is 0 Å². The summed E-state index contributed by atoms with van der Waals surface area (Å²) in [5, 5.41) is 0. The molecule has 0 aromatic carbocycles. The molecule has 0 aromatic heterocycles. The van der Waals surface area contributed by atoms with Gasteiger partial charge in [0.2, 0.25) is 5.91 Å². The predicted octanol–water partition coefficient (Wildman–Crippen LogP) is 1.55. The van der Waals surface area contributed by atoms with E-state index in [2.05, 4.69) is 25.8 Å². The molecule has 1 heterocycles. The molecular formula is C15H31N3O. The highest BCUT2D eigenvalue weighted by molar-refractivity contribution is 5.82. The summed E-state index contributed by atoms with van der Waals surface area (Å²) in [7, 11) is 2.18. The molecule has 0 spiro atoms. The number of nitrogens with two attached hydrogens (primary N) is 1. The average molecular weight is 269 g/mol. The SMILES string of the molecule is CC(C)C(N)C(=O)N1CCC(CN(C)C(C)C)CC1. The van der Waals surface area contributed by atoms with E-state index in [0.717, 1.165) is 32.5 Å². The van der Waals surface area contributed by atoms with Gasteiger partial charge in [0.15, 0.2) is 0 Å². The van der Waals surface area contributed by atoms with Crippen molar-refractivity contribution in [2.75, 3.05) is 26.7 Å². The minimum atomic E-state index is -0.338. The molecule has 1 aliphatic heterocycles. The lowest BCUT2D eigenvalue weighted by Crippen LogP contribution is -2.50. The van der Waals surface area contributed by atoms with Crippen LogP contribution >= 0.6 is 0 Å². The Hall–Kier alpha value is -0.610. The van der Waals surface area contributed by atoms with Crippen LogP contribution in [-0.4, -0.2) is 54.5 Å². The van der Waals surface area contributed by atoms with Crippen LogP contribution in [0.1, 0.15) is 40.5 Å². The molecule has 2 N–H and O–H groups in total. The summed E-state index contributed by atoms with van der Waals surface area (Å²) in [6.45, 7) is 11.3. The van der Waals surface area contributed by atoms with Gasteiger partial charge < -0.3 is 15.5 Å². The first kappa shape index (κ1) is 16.4. The van der Waals surface area contributed by atoms with Gasteiger partial charge in [0, 0.05) is 25.7 Å². The molecule has 1 unspecified atom stereocenters. The Bertz CT molecular complexity index is 283. The lowest BCUT2D eigenvalue weighted by molar-refractivity contribution is -0.135. The van der Waals surface area contributed by atoms with E-state index in [-0.39, 0.29) is 17.9 Å². The van der Waals surface area contributed by atoms with Crippen molar-refractivity contribution in [1.29, 1.82) is 0 Å². The maximum absolute atomic E-state index is 12.2. The van der Waals surface area contributed by atoms with E-state index in [4.69, 9.17) is 5.73 Å². The molecule has 1 aliphatic rings. The van der Waals surface area contributed by atoms with Crippen molar-refractivity contribution < 1.29 is 4.79 Å². The van der Waals surface area contributed by atoms with Crippen LogP contribution in [0.3, 0.4) is 0 Å². The number of nitrogens with zero attached hydrogens (tertiary/aromatic N) is 2. The van der Waals surface area contributed by atoms with Crippen molar-refractivity contribution in [2.45, 2.75) is 52.6 Å². The van der Waals surface area contributed by atoms with Crippen molar-refractivity contribution in [3.8, 4) is 0 Å². The quantitative estimate of drug-likeness (QED) is 0.824.